The fourth-order valence-electron chi connectivity index (χ4n) is 0.920. The van der Waals surface area contributed by atoms with Gasteiger partial charge in [-0.3, -0.25) is 4.72 Å². The van der Waals surface area contributed by atoms with Crippen molar-refractivity contribution in [2.45, 2.75) is 6.92 Å². The molecule has 0 aromatic heterocycles. The summed E-state index contributed by atoms with van der Waals surface area (Å²) >= 11 is 9.13. The number of rotatable bonds is 3. The van der Waals surface area contributed by atoms with Gasteiger partial charge in [-0.2, -0.15) is 8.42 Å². The normalized spacial score (nSPS) is 11.5. The summed E-state index contributed by atoms with van der Waals surface area (Å²) in [5, 5.41) is 0.506. The Morgan fingerprint density at radius 1 is 1.40 bits per heavy atom. The molecule has 0 aliphatic carbocycles. The molecular weight excluding hydrogens is 304 g/mol. The van der Waals surface area contributed by atoms with Crippen LogP contribution in [0.25, 0.3) is 0 Å². The van der Waals surface area contributed by atoms with Crippen LogP contribution in [-0.4, -0.2) is 15.5 Å². The van der Waals surface area contributed by atoms with E-state index in [0.717, 1.165) is 5.56 Å². The molecule has 15 heavy (non-hydrogen) atoms. The summed E-state index contributed by atoms with van der Waals surface area (Å²) < 4.78 is 27.6. The fourth-order valence-corrected chi connectivity index (χ4v) is 2.33. The van der Waals surface area contributed by atoms with Gasteiger partial charge in [-0.1, -0.05) is 11.6 Å². The highest BCUT2D eigenvalue weighted by Crippen LogP contribution is 2.29. The topological polar surface area (TPSA) is 58.2 Å². The van der Waals surface area contributed by atoms with Gasteiger partial charge in [0.15, 0.2) is 0 Å². The molecule has 0 atom stereocenters. The minimum atomic E-state index is -3.51. The first kappa shape index (κ1) is 12.8. The molecule has 0 aliphatic rings. The van der Waals surface area contributed by atoms with Crippen molar-refractivity contribution in [3.8, 4) is 0 Å². The molecule has 0 aliphatic heterocycles. The summed E-state index contributed by atoms with van der Waals surface area (Å²) in [5.74, 6) is 0. The van der Waals surface area contributed by atoms with Crippen LogP contribution in [0.4, 0.5) is 5.69 Å². The van der Waals surface area contributed by atoms with Crippen molar-refractivity contribution in [1.82, 2.24) is 4.72 Å². The number of anilines is 1. The second-order valence-electron chi connectivity index (χ2n) is 2.89. The van der Waals surface area contributed by atoms with Crippen molar-refractivity contribution < 1.29 is 8.42 Å². The van der Waals surface area contributed by atoms with E-state index in [1.807, 2.05) is 6.92 Å². The average Bonchev–Trinajstić information content (AvgIpc) is 2.14. The average molecular weight is 314 g/mol. The van der Waals surface area contributed by atoms with Crippen LogP contribution < -0.4 is 9.44 Å². The van der Waals surface area contributed by atoms with Crippen LogP contribution in [0.1, 0.15) is 5.56 Å². The van der Waals surface area contributed by atoms with Crippen molar-refractivity contribution in [3.63, 3.8) is 0 Å². The number of aryl methyl sites for hydroxylation is 1. The smallest absolute Gasteiger partial charge is 0.270 e. The van der Waals surface area contributed by atoms with Crippen LogP contribution >= 0.6 is 27.5 Å². The monoisotopic (exact) mass is 312 g/mol. The van der Waals surface area contributed by atoms with Crippen LogP contribution in [0.2, 0.25) is 5.02 Å². The molecule has 2 N–H and O–H groups in total. The molecule has 84 valence electrons. The van der Waals surface area contributed by atoms with Gasteiger partial charge in [-0.15, -0.1) is 0 Å². The van der Waals surface area contributed by atoms with E-state index in [2.05, 4.69) is 25.4 Å². The SMILES string of the molecule is CNS(=O)(=O)Nc1cc(Cl)c(C)cc1Br. The lowest BCUT2D eigenvalue weighted by atomic mass is 10.2. The third-order valence-electron chi connectivity index (χ3n) is 1.76. The van der Waals surface area contributed by atoms with Crippen molar-refractivity contribution >= 4 is 43.4 Å². The van der Waals surface area contributed by atoms with Crippen molar-refractivity contribution in [3.05, 3.63) is 27.2 Å². The minimum absolute atomic E-state index is 0.403. The lowest BCUT2D eigenvalue weighted by Gasteiger charge is -2.10. The molecule has 4 nitrogen and oxygen atoms in total. The molecule has 0 saturated carbocycles. The maximum absolute atomic E-state index is 11.2. The van der Waals surface area contributed by atoms with E-state index in [1.165, 1.54) is 7.05 Å². The van der Waals surface area contributed by atoms with E-state index in [1.54, 1.807) is 12.1 Å². The van der Waals surface area contributed by atoms with Gasteiger partial charge < -0.3 is 0 Å². The first-order valence-electron chi connectivity index (χ1n) is 4.02. The summed E-state index contributed by atoms with van der Waals surface area (Å²) in [6.07, 6.45) is 0. The Labute approximate surface area is 102 Å². The Kier molecular flexibility index (Phi) is 3.99. The highest BCUT2D eigenvalue weighted by atomic mass is 79.9. The number of halogens is 2. The second-order valence-corrected chi connectivity index (χ2v) is 5.77. The molecule has 0 amide bonds. The zero-order valence-electron chi connectivity index (χ0n) is 8.14. The molecule has 0 heterocycles. The van der Waals surface area contributed by atoms with Crippen molar-refractivity contribution in [2.24, 2.45) is 0 Å². The van der Waals surface area contributed by atoms with Gasteiger partial charge in [0, 0.05) is 16.5 Å². The van der Waals surface area contributed by atoms with Gasteiger partial charge in [0.05, 0.1) is 5.69 Å². The lowest BCUT2D eigenvalue weighted by Crippen LogP contribution is -2.26. The number of hydrogen-bond acceptors (Lipinski definition) is 2. The van der Waals surface area contributed by atoms with Gasteiger partial charge in [-0.05, 0) is 40.5 Å². The van der Waals surface area contributed by atoms with Gasteiger partial charge >= 0.3 is 0 Å². The molecule has 1 aromatic carbocycles. The maximum atomic E-state index is 11.2. The standard InChI is InChI=1S/C8H10BrClN2O2S/c1-5-3-6(9)8(4-7(5)10)12-15(13,14)11-2/h3-4,11-12H,1-2H3. The Morgan fingerprint density at radius 3 is 2.53 bits per heavy atom. The van der Waals surface area contributed by atoms with E-state index >= 15 is 0 Å². The minimum Gasteiger partial charge on any atom is -0.270 e. The van der Waals surface area contributed by atoms with E-state index in [9.17, 15) is 8.42 Å². The van der Waals surface area contributed by atoms with E-state index in [4.69, 9.17) is 11.6 Å². The van der Waals surface area contributed by atoms with Crippen LogP contribution in [0.3, 0.4) is 0 Å². The Morgan fingerprint density at radius 2 is 2.00 bits per heavy atom. The molecule has 0 unspecified atom stereocenters. The molecule has 0 spiro atoms. The molecular formula is C8H10BrClN2O2S. The van der Waals surface area contributed by atoms with E-state index in [0.29, 0.717) is 15.2 Å². The summed E-state index contributed by atoms with van der Waals surface area (Å²) in [5.41, 5.74) is 1.27. The summed E-state index contributed by atoms with van der Waals surface area (Å²) in [7, 11) is -2.19. The summed E-state index contributed by atoms with van der Waals surface area (Å²) in [6, 6.07) is 3.30. The van der Waals surface area contributed by atoms with Crippen LogP contribution in [0, 0.1) is 6.92 Å². The van der Waals surface area contributed by atoms with E-state index in [-0.39, 0.29) is 0 Å². The van der Waals surface area contributed by atoms with Gasteiger partial charge in [0.1, 0.15) is 0 Å². The third kappa shape index (κ3) is 3.34. The third-order valence-corrected chi connectivity index (χ3v) is 3.85. The largest absolute Gasteiger partial charge is 0.298 e. The Hall–Kier alpha value is -0.300. The van der Waals surface area contributed by atoms with Gasteiger partial charge in [-0.25, -0.2) is 4.72 Å². The molecule has 0 saturated heterocycles. The molecule has 0 fully saturated rings. The molecule has 1 aromatic rings. The zero-order valence-corrected chi connectivity index (χ0v) is 11.3. The second kappa shape index (κ2) is 4.69. The zero-order chi connectivity index (χ0) is 11.6. The predicted octanol–water partition coefficient (Wildman–Crippen LogP) is 2.29. The quantitative estimate of drug-likeness (QED) is 0.899. The van der Waals surface area contributed by atoms with Crippen molar-refractivity contribution in [2.75, 3.05) is 11.8 Å². The number of nitrogens with one attached hydrogen (secondary N) is 2. The molecule has 0 radical (unpaired) electrons. The summed E-state index contributed by atoms with van der Waals surface area (Å²) in [6.45, 7) is 1.84. The Balaban J connectivity index is 3.12. The summed E-state index contributed by atoms with van der Waals surface area (Å²) in [4.78, 5) is 0. The predicted molar refractivity (Wildman–Crippen MR) is 65.5 cm³/mol. The molecule has 1 rings (SSSR count). The number of hydrogen-bond donors (Lipinski definition) is 2. The van der Waals surface area contributed by atoms with Gasteiger partial charge in [0.25, 0.3) is 10.2 Å². The highest BCUT2D eigenvalue weighted by molar-refractivity contribution is 9.10. The van der Waals surface area contributed by atoms with Gasteiger partial charge in [0.2, 0.25) is 0 Å². The fraction of sp³-hybridized carbons (Fsp3) is 0.250. The molecule has 7 heteroatoms. The maximum Gasteiger partial charge on any atom is 0.298 e. The van der Waals surface area contributed by atoms with Crippen LogP contribution in [0.15, 0.2) is 16.6 Å². The Bertz CT molecular complexity index is 476. The first-order chi connectivity index (χ1) is 6.85. The lowest BCUT2D eigenvalue weighted by molar-refractivity contribution is 0.593. The highest BCUT2D eigenvalue weighted by Gasteiger charge is 2.10. The first-order valence-corrected chi connectivity index (χ1v) is 6.68. The number of benzene rings is 1. The van der Waals surface area contributed by atoms with Crippen LogP contribution in [-0.2, 0) is 10.2 Å². The van der Waals surface area contributed by atoms with Crippen molar-refractivity contribution in [1.29, 1.82) is 0 Å². The van der Waals surface area contributed by atoms with Crippen LogP contribution in [0.5, 0.6) is 0 Å². The molecule has 0 bridgehead atoms. The van der Waals surface area contributed by atoms with E-state index < -0.39 is 10.2 Å².